The van der Waals surface area contributed by atoms with Gasteiger partial charge in [-0.05, 0) is 25.1 Å². The summed E-state index contributed by atoms with van der Waals surface area (Å²) in [5, 5.41) is 0. The molecule has 0 aliphatic rings. The summed E-state index contributed by atoms with van der Waals surface area (Å²) < 4.78 is 5.64. The van der Waals surface area contributed by atoms with E-state index in [1.54, 1.807) is 6.20 Å². The van der Waals surface area contributed by atoms with E-state index in [0.29, 0.717) is 6.61 Å². The minimum Gasteiger partial charge on any atom is -0.494 e. The van der Waals surface area contributed by atoms with Crippen molar-refractivity contribution in [1.29, 1.82) is 0 Å². The van der Waals surface area contributed by atoms with E-state index in [4.69, 9.17) is 10.5 Å². The highest BCUT2D eigenvalue weighted by atomic mass is 16.5. The van der Waals surface area contributed by atoms with Crippen LogP contribution >= 0.6 is 0 Å². The summed E-state index contributed by atoms with van der Waals surface area (Å²) in [6.45, 7) is 4.71. The molecule has 3 nitrogen and oxygen atoms in total. The van der Waals surface area contributed by atoms with Crippen LogP contribution in [0.3, 0.4) is 0 Å². The van der Waals surface area contributed by atoms with Gasteiger partial charge in [0.1, 0.15) is 5.75 Å². The highest BCUT2D eigenvalue weighted by Crippen LogP contribution is 2.32. The topological polar surface area (TPSA) is 48.1 Å². The molecule has 0 saturated heterocycles. The second-order valence-electron chi connectivity index (χ2n) is 4.54. The summed E-state index contributed by atoms with van der Waals surface area (Å²) in [5.41, 5.74) is 8.41. The van der Waals surface area contributed by atoms with Gasteiger partial charge in [0.25, 0.3) is 0 Å². The van der Waals surface area contributed by atoms with Crippen LogP contribution in [0.25, 0.3) is 0 Å². The van der Waals surface area contributed by atoms with Gasteiger partial charge >= 0.3 is 0 Å². The Morgan fingerprint density at radius 2 is 1.89 bits per heavy atom. The Morgan fingerprint density at radius 1 is 1.16 bits per heavy atom. The van der Waals surface area contributed by atoms with Crippen molar-refractivity contribution in [2.75, 3.05) is 6.61 Å². The Balaban J connectivity index is 2.26. The molecule has 3 heteroatoms. The Kier molecular flexibility index (Phi) is 4.53. The SMILES string of the molecule is CCOc1ccccc1C(N)C(C)c1ccccn1. The molecule has 2 rings (SSSR count). The molecule has 1 aromatic carbocycles. The third-order valence-electron chi connectivity index (χ3n) is 3.27. The highest BCUT2D eigenvalue weighted by molar-refractivity contribution is 5.37. The van der Waals surface area contributed by atoms with Gasteiger partial charge in [0.05, 0.1) is 6.61 Å². The zero-order valence-electron chi connectivity index (χ0n) is 11.4. The largest absolute Gasteiger partial charge is 0.494 e. The molecule has 2 N–H and O–H groups in total. The van der Waals surface area contributed by atoms with Crippen molar-refractivity contribution >= 4 is 0 Å². The van der Waals surface area contributed by atoms with E-state index in [9.17, 15) is 0 Å². The van der Waals surface area contributed by atoms with E-state index in [2.05, 4.69) is 11.9 Å². The number of rotatable bonds is 5. The molecule has 0 spiro atoms. The number of pyridine rings is 1. The average Bonchev–Trinajstić information content (AvgIpc) is 2.47. The minimum atomic E-state index is -0.127. The molecule has 0 aliphatic heterocycles. The molecule has 0 bridgehead atoms. The first kappa shape index (κ1) is 13.6. The fraction of sp³-hybridized carbons (Fsp3) is 0.312. The van der Waals surface area contributed by atoms with Crippen molar-refractivity contribution in [2.24, 2.45) is 5.73 Å². The van der Waals surface area contributed by atoms with Gasteiger partial charge in [0.15, 0.2) is 0 Å². The van der Waals surface area contributed by atoms with Crippen LogP contribution in [0.1, 0.15) is 37.1 Å². The van der Waals surface area contributed by atoms with E-state index in [1.165, 1.54) is 0 Å². The van der Waals surface area contributed by atoms with Gasteiger partial charge in [0, 0.05) is 29.4 Å². The molecule has 2 aromatic rings. The van der Waals surface area contributed by atoms with Gasteiger partial charge in [0.2, 0.25) is 0 Å². The molecule has 2 atom stereocenters. The zero-order chi connectivity index (χ0) is 13.7. The van der Waals surface area contributed by atoms with Crippen LogP contribution in [0, 0.1) is 0 Å². The Bertz CT molecular complexity index is 513. The summed E-state index contributed by atoms with van der Waals surface area (Å²) >= 11 is 0. The first-order valence-electron chi connectivity index (χ1n) is 6.62. The Hall–Kier alpha value is -1.87. The number of nitrogens with zero attached hydrogens (tertiary/aromatic N) is 1. The van der Waals surface area contributed by atoms with Gasteiger partial charge in [-0.3, -0.25) is 4.98 Å². The van der Waals surface area contributed by atoms with Crippen molar-refractivity contribution in [3.05, 3.63) is 59.9 Å². The van der Waals surface area contributed by atoms with Gasteiger partial charge in [-0.2, -0.15) is 0 Å². The lowest BCUT2D eigenvalue weighted by atomic mass is 9.92. The van der Waals surface area contributed by atoms with E-state index >= 15 is 0 Å². The molecule has 19 heavy (non-hydrogen) atoms. The van der Waals surface area contributed by atoms with Gasteiger partial charge in [-0.25, -0.2) is 0 Å². The van der Waals surface area contributed by atoms with Crippen molar-refractivity contribution < 1.29 is 4.74 Å². The van der Waals surface area contributed by atoms with Crippen LogP contribution in [0.2, 0.25) is 0 Å². The van der Waals surface area contributed by atoms with Gasteiger partial charge in [-0.15, -0.1) is 0 Å². The van der Waals surface area contributed by atoms with Gasteiger partial charge in [-0.1, -0.05) is 31.2 Å². The summed E-state index contributed by atoms with van der Waals surface area (Å²) in [6, 6.07) is 13.7. The quantitative estimate of drug-likeness (QED) is 0.893. The smallest absolute Gasteiger partial charge is 0.124 e. The van der Waals surface area contributed by atoms with E-state index in [-0.39, 0.29) is 12.0 Å². The van der Waals surface area contributed by atoms with E-state index in [0.717, 1.165) is 17.0 Å². The van der Waals surface area contributed by atoms with E-state index < -0.39 is 0 Å². The highest BCUT2D eigenvalue weighted by Gasteiger charge is 2.20. The van der Waals surface area contributed by atoms with Gasteiger partial charge < -0.3 is 10.5 Å². The average molecular weight is 256 g/mol. The Labute approximate surface area is 114 Å². The van der Waals surface area contributed by atoms with Crippen LogP contribution in [-0.4, -0.2) is 11.6 Å². The number of nitrogens with two attached hydrogens (primary N) is 1. The van der Waals surface area contributed by atoms with Crippen molar-refractivity contribution in [2.45, 2.75) is 25.8 Å². The number of para-hydroxylation sites is 1. The van der Waals surface area contributed by atoms with Crippen LogP contribution in [0.5, 0.6) is 5.75 Å². The lowest BCUT2D eigenvalue weighted by molar-refractivity contribution is 0.332. The van der Waals surface area contributed by atoms with Crippen LogP contribution in [0.15, 0.2) is 48.7 Å². The predicted molar refractivity (Wildman–Crippen MR) is 77.2 cm³/mol. The van der Waals surface area contributed by atoms with Crippen molar-refractivity contribution in [1.82, 2.24) is 4.98 Å². The fourth-order valence-electron chi connectivity index (χ4n) is 2.14. The third kappa shape index (κ3) is 3.12. The molecule has 1 aromatic heterocycles. The first-order valence-corrected chi connectivity index (χ1v) is 6.62. The van der Waals surface area contributed by atoms with Crippen LogP contribution in [-0.2, 0) is 0 Å². The second kappa shape index (κ2) is 6.34. The minimum absolute atomic E-state index is 0.127. The Morgan fingerprint density at radius 3 is 2.58 bits per heavy atom. The summed E-state index contributed by atoms with van der Waals surface area (Å²) in [5.74, 6) is 1.00. The van der Waals surface area contributed by atoms with Crippen LogP contribution in [0.4, 0.5) is 0 Å². The molecule has 0 saturated carbocycles. The zero-order valence-corrected chi connectivity index (χ0v) is 11.4. The lowest BCUT2D eigenvalue weighted by Crippen LogP contribution is -2.19. The maximum atomic E-state index is 6.38. The summed E-state index contributed by atoms with van der Waals surface area (Å²) in [6.07, 6.45) is 1.80. The molecule has 2 unspecified atom stereocenters. The monoisotopic (exact) mass is 256 g/mol. The summed E-state index contributed by atoms with van der Waals surface area (Å²) in [4.78, 5) is 4.38. The third-order valence-corrected chi connectivity index (χ3v) is 3.27. The number of hydrogen-bond donors (Lipinski definition) is 1. The van der Waals surface area contributed by atoms with Crippen molar-refractivity contribution in [3.63, 3.8) is 0 Å². The molecule has 1 heterocycles. The maximum absolute atomic E-state index is 6.38. The number of benzene rings is 1. The first-order chi connectivity index (χ1) is 9.24. The molecule has 100 valence electrons. The predicted octanol–water partition coefficient (Wildman–Crippen LogP) is 3.28. The summed E-state index contributed by atoms with van der Waals surface area (Å²) in [7, 11) is 0. The lowest BCUT2D eigenvalue weighted by Gasteiger charge is -2.22. The normalized spacial score (nSPS) is 13.8. The number of aromatic nitrogens is 1. The molecule has 0 aliphatic carbocycles. The molecule has 0 amide bonds. The van der Waals surface area contributed by atoms with E-state index in [1.807, 2.05) is 49.4 Å². The molecular weight excluding hydrogens is 236 g/mol. The second-order valence-corrected chi connectivity index (χ2v) is 4.54. The molecule has 0 radical (unpaired) electrons. The molecule has 0 fully saturated rings. The molecular formula is C16H20N2O. The number of hydrogen-bond acceptors (Lipinski definition) is 3. The maximum Gasteiger partial charge on any atom is 0.124 e. The van der Waals surface area contributed by atoms with Crippen molar-refractivity contribution in [3.8, 4) is 5.75 Å². The number of ether oxygens (including phenoxy) is 1. The van der Waals surface area contributed by atoms with Crippen LogP contribution < -0.4 is 10.5 Å². The standard InChI is InChI=1S/C16H20N2O/c1-3-19-15-10-5-4-8-13(15)16(17)12(2)14-9-6-7-11-18-14/h4-12,16H,3,17H2,1-2H3. The fourth-order valence-corrected chi connectivity index (χ4v) is 2.14.